The van der Waals surface area contributed by atoms with E-state index in [0.717, 1.165) is 11.8 Å². The van der Waals surface area contributed by atoms with Gasteiger partial charge in [-0.05, 0) is 58.7 Å². The molecule has 3 atom stereocenters. The highest BCUT2D eigenvalue weighted by Crippen LogP contribution is 2.43. The van der Waals surface area contributed by atoms with E-state index >= 15 is 0 Å². The molecular weight excluding hydrogens is 232 g/mol. The summed E-state index contributed by atoms with van der Waals surface area (Å²) in [6.45, 7) is 2.45. The summed E-state index contributed by atoms with van der Waals surface area (Å²) in [5, 5.41) is 3.74. The van der Waals surface area contributed by atoms with Gasteiger partial charge in [0.15, 0.2) is 0 Å². The van der Waals surface area contributed by atoms with Crippen LogP contribution in [-0.2, 0) is 0 Å². The van der Waals surface area contributed by atoms with Gasteiger partial charge in [0, 0.05) is 11.6 Å². The summed E-state index contributed by atoms with van der Waals surface area (Å²) in [5.41, 5.74) is 0.397. The quantitative estimate of drug-likeness (QED) is 0.835. The van der Waals surface area contributed by atoms with Crippen LogP contribution in [0.25, 0.3) is 0 Å². The van der Waals surface area contributed by atoms with Gasteiger partial charge in [0.2, 0.25) is 0 Å². The fraction of sp³-hybridized carbons (Fsp3) is 1.00. The monoisotopic (exact) mass is 266 g/mol. The normalized spacial score (nSPS) is 35.5. The van der Waals surface area contributed by atoms with Crippen LogP contribution in [0.5, 0.6) is 0 Å². The van der Waals surface area contributed by atoms with Gasteiger partial charge in [-0.1, -0.05) is 39.0 Å². The fourth-order valence-electron chi connectivity index (χ4n) is 4.94. The molecule has 2 nitrogen and oxygen atoms in total. The topological polar surface area (TPSA) is 15.3 Å². The first kappa shape index (κ1) is 15.3. The zero-order valence-electron chi connectivity index (χ0n) is 13.5. The van der Waals surface area contributed by atoms with E-state index in [1.807, 2.05) is 0 Å². The second-order valence-corrected chi connectivity index (χ2v) is 7.36. The third kappa shape index (κ3) is 3.16. The van der Waals surface area contributed by atoms with Crippen LogP contribution in [0.15, 0.2) is 0 Å². The average Bonchev–Trinajstić information content (AvgIpc) is 2.40. The highest BCUT2D eigenvalue weighted by atomic mass is 15.2. The maximum Gasteiger partial charge on any atom is 0.0361 e. The lowest BCUT2D eigenvalue weighted by Gasteiger charge is -2.53. The molecule has 2 aliphatic rings. The molecule has 2 heteroatoms. The van der Waals surface area contributed by atoms with E-state index in [9.17, 15) is 0 Å². The van der Waals surface area contributed by atoms with Crippen LogP contribution in [0, 0.1) is 11.8 Å². The minimum Gasteiger partial charge on any atom is -0.315 e. The molecule has 2 saturated carbocycles. The minimum absolute atomic E-state index is 0.397. The molecule has 19 heavy (non-hydrogen) atoms. The van der Waals surface area contributed by atoms with E-state index in [0.29, 0.717) is 11.6 Å². The molecule has 2 rings (SSSR count). The number of rotatable bonds is 4. The van der Waals surface area contributed by atoms with E-state index in [1.165, 1.54) is 57.8 Å². The van der Waals surface area contributed by atoms with Gasteiger partial charge < -0.3 is 10.2 Å². The Labute approximate surface area is 120 Å². The second kappa shape index (κ2) is 6.58. The lowest BCUT2D eigenvalue weighted by Crippen LogP contribution is -2.63. The van der Waals surface area contributed by atoms with Crippen molar-refractivity contribution in [3.63, 3.8) is 0 Å². The van der Waals surface area contributed by atoms with E-state index in [-0.39, 0.29) is 0 Å². The molecule has 0 aliphatic heterocycles. The molecule has 1 N–H and O–H groups in total. The standard InChI is InChI=1S/C17H34N2/c1-14-9-8-12-17(13-14,19(3)4)16(18-2)15-10-6-5-7-11-15/h14-16,18H,5-13H2,1-4H3. The second-order valence-electron chi connectivity index (χ2n) is 7.36. The van der Waals surface area contributed by atoms with Crippen LogP contribution >= 0.6 is 0 Å². The lowest BCUT2D eigenvalue weighted by molar-refractivity contribution is 0.0112. The predicted molar refractivity (Wildman–Crippen MR) is 83.5 cm³/mol. The van der Waals surface area contributed by atoms with Crippen molar-refractivity contribution >= 4 is 0 Å². The first-order chi connectivity index (χ1) is 9.10. The van der Waals surface area contributed by atoms with Crippen LogP contribution < -0.4 is 5.32 Å². The summed E-state index contributed by atoms with van der Waals surface area (Å²) in [5.74, 6) is 1.78. The van der Waals surface area contributed by atoms with Gasteiger partial charge >= 0.3 is 0 Å². The molecule has 0 spiro atoms. The van der Waals surface area contributed by atoms with E-state index in [2.05, 4.69) is 38.3 Å². The Morgan fingerprint density at radius 1 is 1.05 bits per heavy atom. The van der Waals surface area contributed by atoms with Crippen LogP contribution in [0.1, 0.15) is 64.7 Å². The highest BCUT2D eigenvalue weighted by molar-refractivity contribution is 5.04. The van der Waals surface area contributed by atoms with Crippen molar-refractivity contribution in [1.82, 2.24) is 10.2 Å². The number of hydrogen-bond acceptors (Lipinski definition) is 2. The summed E-state index contributed by atoms with van der Waals surface area (Å²) in [6.07, 6.45) is 12.8. The van der Waals surface area contributed by atoms with E-state index in [1.54, 1.807) is 0 Å². The molecule has 2 fully saturated rings. The molecule has 0 aromatic rings. The third-order valence-electron chi connectivity index (χ3n) is 5.91. The smallest absolute Gasteiger partial charge is 0.0361 e. The molecule has 0 radical (unpaired) electrons. The van der Waals surface area contributed by atoms with Crippen molar-refractivity contribution in [2.24, 2.45) is 11.8 Å². The van der Waals surface area contributed by atoms with Crippen molar-refractivity contribution < 1.29 is 0 Å². The Hall–Kier alpha value is -0.0800. The van der Waals surface area contributed by atoms with Crippen molar-refractivity contribution in [3.05, 3.63) is 0 Å². The molecular formula is C17H34N2. The van der Waals surface area contributed by atoms with Crippen LogP contribution in [0.2, 0.25) is 0 Å². The van der Waals surface area contributed by atoms with Crippen LogP contribution in [-0.4, -0.2) is 37.6 Å². The Balaban J connectivity index is 2.19. The number of likely N-dealkylation sites (N-methyl/N-ethyl adjacent to an activating group) is 2. The number of nitrogens with zero attached hydrogens (tertiary/aromatic N) is 1. The van der Waals surface area contributed by atoms with Crippen LogP contribution in [0.4, 0.5) is 0 Å². The van der Waals surface area contributed by atoms with Gasteiger partial charge in [0.1, 0.15) is 0 Å². The summed E-state index contributed by atoms with van der Waals surface area (Å²) in [6, 6.07) is 0.686. The molecule has 0 heterocycles. The van der Waals surface area contributed by atoms with Gasteiger partial charge in [0.25, 0.3) is 0 Å². The zero-order chi connectivity index (χ0) is 13.9. The molecule has 0 bridgehead atoms. The average molecular weight is 266 g/mol. The Morgan fingerprint density at radius 2 is 1.74 bits per heavy atom. The zero-order valence-corrected chi connectivity index (χ0v) is 13.5. The molecule has 112 valence electrons. The minimum atomic E-state index is 0.397. The van der Waals surface area contributed by atoms with Crippen molar-refractivity contribution in [2.75, 3.05) is 21.1 Å². The maximum absolute atomic E-state index is 3.74. The summed E-state index contributed by atoms with van der Waals surface area (Å²) in [7, 11) is 6.82. The number of hydrogen-bond donors (Lipinski definition) is 1. The Morgan fingerprint density at radius 3 is 2.26 bits per heavy atom. The molecule has 3 unspecified atom stereocenters. The molecule has 0 saturated heterocycles. The van der Waals surface area contributed by atoms with Crippen molar-refractivity contribution in [1.29, 1.82) is 0 Å². The van der Waals surface area contributed by atoms with Gasteiger partial charge in [-0.2, -0.15) is 0 Å². The number of nitrogens with one attached hydrogen (secondary N) is 1. The molecule has 2 aliphatic carbocycles. The third-order valence-corrected chi connectivity index (χ3v) is 5.91. The van der Waals surface area contributed by atoms with E-state index in [4.69, 9.17) is 0 Å². The molecule has 0 aromatic carbocycles. The summed E-state index contributed by atoms with van der Waals surface area (Å²) in [4.78, 5) is 2.55. The Bertz CT molecular complexity index is 270. The SMILES string of the molecule is CNC(C1CCCCC1)C1(N(C)C)CCCC(C)C1. The lowest BCUT2D eigenvalue weighted by atomic mass is 9.66. The van der Waals surface area contributed by atoms with Crippen molar-refractivity contribution in [3.8, 4) is 0 Å². The first-order valence-corrected chi connectivity index (χ1v) is 8.45. The van der Waals surface area contributed by atoms with Crippen molar-refractivity contribution in [2.45, 2.75) is 76.3 Å². The van der Waals surface area contributed by atoms with Gasteiger partial charge in [0.05, 0.1) is 0 Å². The highest BCUT2D eigenvalue weighted by Gasteiger charge is 2.46. The first-order valence-electron chi connectivity index (χ1n) is 8.45. The Kier molecular flexibility index (Phi) is 5.30. The van der Waals surface area contributed by atoms with Crippen LogP contribution in [0.3, 0.4) is 0 Å². The summed E-state index contributed by atoms with van der Waals surface area (Å²) < 4.78 is 0. The largest absolute Gasteiger partial charge is 0.315 e. The molecule has 0 amide bonds. The van der Waals surface area contributed by atoms with Gasteiger partial charge in [-0.25, -0.2) is 0 Å². The maximum atomic E-state index is 3.74. The van der Waals surface area contributed by atoms with E-state index < -0.39 is 0 Å². The predicted octanol–water partition coefficient (Wildman–Crippen LogP) is 3.67. The van der Waals surface area contributed by atoms with Gasteiger partial charge in [-0.3, -0.25) is 0 Å². The fourth-order valence-corrected chi connectivity index (χ4v) is 4.94. The van der Waals surface area contributed by atoms with Gasteiger partial charge in [-0.15, -0.1) is 0 Å². The molecule has 0 aromatic heterocycles. The summed E-state index contributed by atoms with van der Waals surface area (Å²) >= 11 is 0.